The lowest BCUT2D eigenvalue weighted by Gasteiger charge is -2.15. The van der Waals surface area contributed by atoms with Crippen molar-refractivity contribution in [2.45, 2.75) is 26.6 Å². The number of nitrogens with zero attached hydrogens (tertiary/aromatic N) is 1. The number of anilines is 1. The first-order valence-corrected chi connectivity index (χ1v) is 12.4. The molecule has 0 bridgehead atoms. The molecule has 4 aromatic rings. The topological polar surface area (TPSA) is 71.3 Å². The van der Waals surface area contributed by atoms with E-state index in [1.165, 1.54) is 0 Å². The van der Waals surface area contributed by atoms with E-state index in [0.717, 1.165) is 16.3 Å². The lowest BCUT2D eigenvalue weighted by molar-refractivity contribution is -0.112. The second-order valence-corrected chi connectivity index (χ2v) is 9.38. The number of fused-ring (bicyclic) bond motifs is 1. The largest absolute Gasteiger partial charge is 0.490 e. The maximum absolute atomic E-state index is 13.0. The van der Waals surface area contributed by atoms with Crippen LogP contribution in [0.5, 0.6) is 11.5 Å². The first-order valence-electron chi connectivity index (χ1n) is 11.6. The molecule has 1 amide bonds. The first kappa shape index (κ1) is 26.1. The van der Waals surface area contributed by atoms with Crippen LogP contribution in [0.25, 0.3) is 16.8 Å². The number of amides is 1. The Balaban J connectivity index is 1.51. The first-order chi connectivity index (χ1) is 17.8. The fourth-order valence-corrected chi connectivity index (χ4v) is 4.17. The molecule has 5 nitrogen and oxygen atoms in total. The van der Waals surface area contributed by atoms with Crippen LogP contribution in [0.15, 0.2) is 84.4 Å². The van der Waals surface area contributed by atoms with Crippen molar-refractivity contribution in [1.82, 2.24) is 0 Å². The van der Waals surface area contributed by atoms with E-state index < -0.39 is 5.91 Å². The SMILES string of the molecule is CC(C)Oc1ccc2ccccc2c1/C=C(\C#N)C(=O)Nc1ccc(OCc2ccc(Cl)cc2Cl)cc1. The van der Waals surface area contributed by atoms with Gasteiger partial charge in [-0.1, -0.05) is 59.6 Å². The highest BCUT2D eigenvalue weighted by molar-refractivity contribution is 6.35. The number of hydrogen-bond donors (Lipinski definition) is 1. The van der Waals surface area contributed by atoms with Crippen molar-refractivity contribution in [3.63, 3.8) is 0 Å². The number of carbonyl (C=O) groups excluding carboxylic acids is 1. The van der Waals surface area contributed by atoms with Gasteiger partial charge in [0.2, 0.25) is 0 Å². The summed E-state index contributed by atoms with van der Waals surface area (Å²) in [6, 6.07) is 25.7. The third-order valence-corrected chi connectivity index (χ3v) is 6.06. The van der Waals surface area contributed by atoms with Crippen LogP contribution in [-0.2, 0) is 11.4 Å². The van der Waals surface area contributed by atoms with Crippen LogP contribution in [-0.4, -0.2) is 12.0 Å². The second-order valence-electron chi connectivity index (χ2n) is 8.54. The highest BCUT2D eigenvalue weighted by Crippen LogP contribution is 2.31. The zero-order valence-corrected chi connectivity index (χ0v) is 21.8. The van der Waals surface area contributed by atoms with Crippen LogP contribution in [0.4, 0.5) is 5.69 Å². The smallest absolute Gasteiger partial charge is 0.266 e. The number of ether oxygens (including phenoxy) is 2. The number of nitrogens with one attached hydrogen (secondary N) is 1. The maximum Gasteiger partial charge on any atom is 0.266 e. The van der Waals surface area contributed by atoms with Crippen LogP contribution < -0.4 is 14.8 Å². The van der Waals surface area contributed by atoms with Gasteiger partial charge in [-0.15, -0.1) is 0 Å². The Kier molecular flexibility index (Phi) is 8.35. The van der Waals surface area contributed by atoms with Gasteiger partial charge in [0.15, 0.2) is 0 Å². The Morgan fingerprint density at radius 1 is 1.03 bits per heavy atom. The number of benzene rings is 4. The Labute approximate surface area is 225 Å². The summed E-state index contributed by atoms with van der Waals surface area (Å²) in [4.78, 5) is 13.0. The van der Waals surface area contributed by atoms with E-state index in [1.54, 1.807) is 42.5 Å². The summed E-state index contributed by atoms with van der Waals surface area (Å²) in [7, 11) is 0. The summed E-state index contributed by atoms with van der Waals surface area (Å²) in [5, 5.41) is 15.5. The molecule has 0 radical (unpaired) electrons. The van der Waals surface area contributed by atoms with Crippen LogP contribution in [0.1, 0.15) is 25.0 Å². The van der Waals surface area contributed by atoms with Crippen LogP contribution in [0.3, 0.4) is 0 Å². The minimum Gasteiger partial charge on any atom is -0.490 e. The molecule has 0 saturated carbocycles. The number of nitriles is 1. The molecule has 1 N–H and O–H groups in total. The zero-order chi connectivity index (χ0) is 26.4. The Hall–Kier alpha value is -3.98. The van der Waals surface area contributed by atoms with Crippen molar-refractivity contribution in [2.75, 3.05) is 5.32 Å². The van der Waals surface area contributed by atoms with Gasteiger partial charge in [-0.05, 0) is 73.2 Å². The predicted molar refractivity (Wildman–Crippen MR) is 149 cm³/mol. The molecular formula is C30H24Cl2N2O3. The van der Waals surface area contributed by atoms with E-state index in [0.29, 0.717) is 32.8 Å². The van der Waals surface area contributed by atoms with Gasteiger partial charge in [-0.25, -0.2) is 0 Å². The van der Waals surface area contributed by atoms with E-state index >= 15 is 0 Å². The van der Waals surface area contributed by atoms with E-state index in [2.05, 4.69) is 5.32 Å². The zero-order valence-electron chi connectivity index (χ0n) is 20.3. The summed E-state index contributed by atoms with van der Waals surface area (Å²) in [6.07, 6.45) is 1.51. The molecule has 0 saturated heterocycles. The molecule has 0 spiro atoms. The summed E-state index contributed by atoms with van der Waals surface area (Å²) >= 11 is 12.1. The van der Waals surface area contributed by atoms with Crippen LogP contribution in [0.2, 0.25) is 10.0 Å². The number of hydrogen-bond acceptors (Lipinski definition) is 4. The van der Waals surface area contributed by atoms with E-state index in [9.17, 15) is 10.1 Å². The number of rotatable bonds is 8. The third-order valence-electron chi connectivity index (χ3n) is 5.47. The molecule has 7 heteroatoms. The number of carbonyl (C=O) groups is 1. The van der Waals surface area contributed by atoms with Gasteiger partial charge < -0.3 is 14.8 Å². The molecule has 4 aromatic carbocycles. The molecule has 0 unspecified atom stereocenters. The van der Waals surface area contributed by atoms with Gasteiger partial charge in [0.05, 0.1) is 6.10 Å². The molecule has 0 aliphatic carbocycles. The van der Waals surface area contributed by atoms with Crippen molar-refractivity contribution in [2.24, 2.45) is 0 Å². The van der Waals surface area contributed by atoms with Crippen molar-refractivity contribution < 1.29 is 14.3 Å². The quantitative estimate of drug-likeness (QED) is 0.184. The monoisotopic (exact) mass is 530 g/mol. The summed E-state index contributed by atoms with van der Waals surface area (Å²) in [6.45, 7) is 4.13. The molecule has 0 aliphatic heterocycles. The van der Waals surface area contributed by atoms with Crippen molar-refractivity contribution in [1.29, 1.82) is 5.26 Å². The normalized spacial score (nSPS) is 11.3. The van der Waals surface area contributed by atoms with Gasteiger partial charge in [-0.2, -0.15) is 5.26 Å². The average Bonchev–Trinajstić information content (AvgIpc) is 2.88. The van der Waals surface area contributed by atoms with E-state index in [1.807, 2.05) is 62.4 Å². The lowest BCUT2D eigenvalue weighted by Crippen LogP contribution is -2.13. The average molecular weight is 531 g/mol. The minimum absolute atomic E-state index is 0.0392. The molecule has 0 aromatic heterocycles. The van der Waals surface area contributed by atoms with Crippen LogP contribution >= 0.6 is 23.2 Å². The minimum atomic E-state index is -0.521. The van der Waals surface area contributed by atoms with Crippen LogP contribution in [0, 0.1) is 11.3 Å². The van der Waals surface area contributed by atoms with E-state index in [-0.39, 0.29) is 18.3 Å². The second kappa shape index (κ2) is 11.8. The van der Waals surface area contributed by atoms with Gasteiger partial charge >= 0.3 is 0 Å². The lowest BCUT2D eigenvalue weighted by atomic mass is 10.0. The number of halogens is 2. The van der Waals surface area contributed by atoms with Gasteiger partial charge in [0.1, 0.15) is 29.7 Å². The van der Waals surface area contributed by atoms with E-state index in [4.69, 9.17) is 32.7 Å². The van der Waals surface area contributed by atoms with Gasteiger partial charge in [0.25, 0.3) is 5.91 Å². The van der Waals surface area contributed by atoms with Gasteiger partial charge in [0, 0.05) is 26.9 Å². The summed E-state index contributed by atoms with van der Waals surface area (Å²) in [5.41, 5.74) is 1.98. The van der Waals surface area contributed by atoms with Crippen molar-refractivity contribution in [3.05, 3.63) is 106 Å². The fraction of sp³-hybridized carbons (Fsp3) is 0.133. The highest BCUT2D eigenvalue weighted by atomic mass is 35.5. The Bertz CT molecular complexity index is 1510. The van der Waals surface area contributed by atoms with Gasteiger partial charge in [-0.3, -0.25) is 4.79 Å². The highest BCUT2D eigenvalue weighted by Gasteiger charge is 2.14. The Morgan fingerprint density at radius 3 is 2.49 bits per heavy atom. The fourth-order valence-electron chi connectivity index (χ4n) is 3.71. The molecule has 186 valence electrons. The molecule has 0 atom stereocenters. The molecule has 37 heavy (non-hydrogen) atoms. The third kappa shape index (κ3) is 6.62. The van der Waals surface area contributed by atoms with Crippen molar-refractivity contribution in [3.8, 4) is 17.6 Å². The predicted octanol–water partition coefficient (Wildman–Crippen LogP) is 8.06. The molecule has 0 fully saturated rings. The summed E-state index contributed by atoms with van der Waals surface area (Å²) in [5.74, 6) is 0.690. The Morgan fingerprint density at radius 2 is 1.78 bits per heavy atom. The summed E-state index contributed by atoms with van der Waals surface area (Å²) < 4.78 is 11.8. The van der Waals surface area contributed by atoms with Crippen molar-refractivity contribution >= 4 is 51.6 Å². The molecular weight excluding hydrogens is 507 g/mol. The molecule has 0 heterocycles. The standard InChI is InChI=1S/C30H24Cl2N2O3/c1-19(2)37-29-14-8-20-5-3-4-6-26(20)27(29)15-22(17-33)30(35)34-24-10-12-25(13-11-24)36-18-21-7-9-23(31)16-28(21)32/h3-16,19H,18H2,1-2H3,(H,34,35)/b22-15+. The maximum atomic E-state index is 13.0. The molecule has 0 aliphatic rings. The molecule has 4 rings (SSSR count).